The molecule has 3 rings (SSSR count). The smallest absolute Gasteiger partial charge is 0.159 e. The third kappa shape index (κ3) is 2.72. The monoisotopic (exact) mass is 281 g/mol. The highest BCUT2D eigenvalue weighted by Gasteiger charge is 2.09. The van der Waals surface area contributed by atoms with Gasteiger partial charge in [0.1, 0.15) is 11.6 Å². The molecule has 0 aliphatic rings. The van der Waals surface area contributed by atoms with E-state index in [1.165, 1.54) is 0 Å². The Morgan fingerprint density at radius 1 is 1.14 bits per heavy atom. The molecule has 0 aliphatic heterocycles. The Bertz CT molecular complexity index is 723. The van der Waals surface area contributed by atoms with Crippen LogP contribution in [0.25, 0.3) is 16.7 Å². The van der Waals surface area contributed by atoms with Crippen molar-refractivity contribution in [2.24, 2.45) is 0 Å². The molecule has 0 aliphatic carbocycles. The van der Waals surface area contributed by atoms with Crippen molar-refractivity contribution >= 4 is 16.7 Å². The van der Waals surface area contributed by atoms with Crippen molar-refractivity contribution in [2.75, 3.05) is 11.9 Å². The first-order valence-electron chi connectivity index (χ1n) is 7.36. The second-order valence-electron chi connectivity index (χ2n) is 4.92. The summed E-state index contributed by atoms with van der Waals surface area (Å²) in [6.07, 6.45) is 3.75. The lowest BCUT2D eigenvalue weighted by molar-refractivity contribution is 0.796. The minimum atomic E-state index is 0.811. The summed E-state index contributed by atoms with van der Waals surface area (Å²) in [5.74, 6) is 2.52. The Morgan fingerprint density at radius 3 is 2.81 bits per heavy atom. The molecule has 1 N–H and O–H groups in total. The standard InChI is InChI=1S/C16H19N5/c1-3-7-14-19-15(17-4-2)10-16(20-14)21-13-9-6-5-8-12(13)11-18-21/h5-6,8-11H,3-4,7H2,1-2H3,(H,17,19,20). The van der Waals surface area contributed by atoms with Gasteiger partial charge in [0.25, 0.3) is 0 Å². The minimum absolute atomic E-state index is 0.811. The predicted octanol–water partition coefficient (Wildman–Crippen LogP) is 3.20. The van der Waals surface area contributed by atoms with Crippen LogP contribution in [0.15, 0.2) is 36.5 Å². The van der Waals surface area contributed by atoms with Crippen molar-refractivity contribution in [1.82, 2.24) is 19.7 Å². The molecule has 108 valence electrons. The maximum Gasteiger partial charge on any atom is 0.159 e. The Kier molecular flexibility index (Phi) is 3.81. The van der Waals surface area contributed by atoms with Gasteiger partial charge < -0.3 is 5.32 Å². The van der Waals surface area contributed by atoms with Crippen LogP contribution in [0, 0.1) is 0 Å². The van der Waals surface area contributed by atoms with Crippen LogP contribution >= 0.6 is 0 Å². The molecule has 21 heavy (non-hydrogen) atoms. The van der Waals surface area contributed by atoms with Crippen LogP contribution in [0.2, 0.25) is 0 Å². The summed E-state index contributed by atoms with van der Waals surface area (Å²) in [7, 11) is 0. The number of benzene rings is 1. The van der Waals surface area contributed by atoms with Crippen molar-refractivity contribution in [1.29, 1.82) is 0 Å². The van der Waals surface area contributed by atoms with Gasteiger partial charge in [0.15, 0.2) is 5.82 Å². The van der Waals surface area contributed by atoms with Gasteiger partial charge in [-0.3, -0.25) is 0 Å². The van der Waals surface area contributed by atoms with E-state index in [9.17, 15) is 0 Å². The number of hydrogen-bond donors (Lipinski definition) is 1. The summed E-state index contributed by atoms with van der Waals surface area (Å²) < 4.78 is 1.87. The number of fused-ring (bicyclic) bond motifs is 1. The highest BCUT2D eigenvalue weighted by atomic mass is 15.3. The minimum Gasteiger partial charge on any atom is -0.370 e. The highest BCUT2D eigenvalue weighted by molar-refractivity contribution is 5.79. The fraction of sp³-hybridized carbons (Fsp3) is 0.312. The number of aromatic nitrogens is 4. The molecular weight excluding hydrogens is 262 g/mol. The van der Waals surface area contributed by atoms with Crippen LogP contribution in [0.1, 0.15) is 26.1 Å². The Labute approximate surface area is 124 Å². The van der Waals surface area contributed by atoms with Crippen LogP contribution < -0.4 is 5.32 Å². The molecule has 0 atom stereocenters. The van der Waals surface area contributed by atoms with Crippen LogP contribution in [0.5, 0.6) is 0 Å². The molecule has 0 amide bonds. The Morgan fingerprint density at radius 2 is 2.00 bits per heavy atom. The molecule has 2 heterocycles. The van der Waals surface area contributed by atoms with Crippen molar-refractivity contribution in [2.45, 2.75) is 26.7 Å². The molecule has 5 heteroatoms. The van der Waals surface area contributed by atoms with Gasteiger partial charge in [0.2, 0.25) is 0 Å². The van der Waals surface area contributed by atoms with E-state index in [2.05, 4.69) is 46.4 Å². The summed E-state index contributed by atoms with van der Waals surface area (Å²) in [4.78, 5) is 9.19. The maximum atomic E-state index is 4.65. The molecule has 1 aromatic carbocycles. The number of nitrogens with zero attached hydrogens (tertiary/aromatic N) is 4. The molecule has 3 aromatic rings. The van der Waals surface area contributed by atoms with Crippen LogP contribution in [-0.2, 0) is 6.42 Å². The van der Waals surface area contributed by atoms with Gasteiger partial charge in [-0.1, -0.05) is 25.1 Å². The second-order valence-corrected chi connectivity index (χ2v) is 4.92. The molecule has 0 bridgehead atoms. The van der Waals surface area contributed by atoms with E-state index >= 15 is 0 Å². The molecule has 0 radical (unpaired) electrons. The van der Waals surface area contributed by atoms with Gasteiger partial charge in [-0.2, -0.15) is 5.10 Å². The van der Waals surface area contributed by atoms with E-state index in [0.29, 0.717) is 0 Å². The van der Waals surface area contributed by atoms with Crippen LogP contribution in [0.3, 0.4) is 0 Å². The first-order chi connectivity index (χ1) is 10.3. The van der Waals surface area contributed by atoms with E-state index < -0.39 is 0 Å². The van der Waals surface area contributed by atoms with Crippen molar-refractivity contribution in [3.8, 4) is 5.82 Å². The van der Waals surface area contributed by atoms with E-state index in [0.717, 1.165) is 47.7 Å². The van der Waals surface area contributed by atoms with E-state index in [1.807, 2.05) is 29.1 Å². The summed E-state index contributed by atoms with van der Waals surface area (Å²) in [5.41, 5.74) is 1.06. The van der Waals surface area contributed by atoms with Crippen LogP contribution in [0.4, 0.5) is 5.82 Å². The quantitative estimate of drug-likeness (QED) is 0.780. The normalized spacial score (nSPS) is 11.0. The average Bonchev–Trinajstić information content (AvgIpc) is 2.92. The molecular formula is C16H19N5. The van der Waals surface area contributed by atoms with E-state index in [-0.39, 0.29) is 0 Å². The third-order valence-corrected chi connectivity index (χ3v) is 3.28. The number of nitrogens with one attached hydrogen (secondary N) is 1. The van der Waals surface area contributed by atoms with E-state index in [1.54, 1.807) is 0 Å². The fourth-order valence-electron chi connectivity index (χ4n) is 2.35. The number of hydrogen-bond acceptors (Lipinski definition) is 4. The number of para-hydroxylation sites is 1. The zero-order chi connectivity index (χ0) is 14.7. The molecule has 0 unspecified atom stereocenters. The van der Waals surface area contributed by atoms with Gasteiger partial charge in [-0.15, -0.1) is 0 Å². The molecule has 2 aromatic heterocycles. The van der Waals surface area contributed by atoms with Gasteiger partial charge in [-0.05, 0) is 19.4 Å². The summed E-state index contributed by atoms with van der Waals surface area (Å²) in [6.45, 7) is 5.03. The van der Waals surface area contributed by atoms with Gasteiger partial charge in [0.05, 0.1) is 11.7 Å². The zero-order valence-corrected chi connectivity index (χ0v) is 12.4. The summed E-state index contributed by atoms with van der Waals surface area (Å²) in [5, 5.41) is 8.84. The zero-order valence-electron chi connectivity index (χ0n) is 12.4. The molecule has 5 nitrogen and oxygen atoms in total. The topological polar surface area (TPSA) is 55.6 Å². The number of anilines is 1. The van der Waals surface area contributed by atoms with Crippen molar-refractivity contribution < 1.29 is 0 Å². The Hall–Kier alpha value is -2.43. The molecule has 0 saturated carbocycles. The van der Waals surface area contributed by atoms with E-state index in [4.69, 9.17) is 0 Å². The van der Waals surface area contributed by atoms with Crippen molar-refractivity contribution in [3.05, 3.63) is 42.4 Å². The lowest BCUT2D eigenvalue weighted by Crippen LogP contribution is -2.08. The Balaban J connectivity index is 2.11. The maximum absolute atomic E-state index is 4.65. The lowest BCUT2D eigenvalue weighted by atomic mass is 10.2. The molecule has 0 saturated heterocycles. The molecule has 0 fully saturated rings. The second kappa shape index (κ2) is 5.91. The summed E-state index contributed by atoms with van der Waals surface area (Å²) in [6, 6.07) is 10.1. The first kappa shape index (κ1) is 13.5. The van der Waals surface area contributed by atoms with Gasteiger partial charge >= 0.3 is 0 Å². The molecule has 0 spiro atoms. The van der Waals surface area contributed by atoms with Gasteiger partial charge in [-0.25, -0.2) is 14.6 Å². The SMILES string of the molecule is CCCc1nc(NCC)cc(-n2ncc3ccccc32)n1. The fourth-order valence-corrected chi connectivity index (χ4v) is 2.35. The summed E-state index contributed by atoms with van der Waals surface area (Å²) >= 11 is 0. The number of aryl methyl sites for hydroxylation is 1. The average molecular weight is 281 g/mol. The van der Waals surface area contributed by atoms with Crippen molar-refractivity contribution in [3.63, 3.8) is 0 Å². The third-order valence-electron chi connectivity index (χ3n) is 3.28. The first-order valence-corrected chi connectivity index (χ1v) is 7.36. The number of rotatable bonds is 5. The van der Waals surface area contributed by atoms with Gasteiger partial charge in [0, 0.05) is 24.4 Å². The largest absolute Gasteiger partial charge is 0.370 e. The lowest BCUT2D eigenvalue weighted by Gasteiger charge is -2.09. The highest BCUT2D eigenvalue weighted by Crippen LogP contribution is 2.18. The van der Waals surface area contributed by atoms with Crippen LogP contribution in [-0.4, -0.2) is 26.3 Å². The predicted molar refractivity (Wildman–Crippen MR) is 84.8 cm³/mol.